The van der Waals surface area contributed by atoms with Crippen molar-refractivity contribution in [3.05, 3.63) is 34.9 Å². The van der Waals surface area contributed by atoms with E-state index in [2.05, 4.69) is 10.9 Å². The average Bonchev–Trinajstić information content (AvgIpc) is 3.25. The fourth-order valence-corrected chi connectivity index (χ4v) is 1.52. The molecular formula is C15H22N2O2. The molecule has 0 unspecified atom stereocenters. The Morgan fingerprint density at radius 1 is 1.05 bits per heavy atom. The summed E-state index contributed by atoms with van der Waals surface area (Å²) in [5, 5.41) is 0. The molecule has 2 amide bonds. The number of hydrazine groups is 1. The second-order valence-corrected chi connectivity index (χ2v) is 4.52. The van der Waals surface area contributed by atoms with Crippen LogP contribution in [0.5, 0.6) is 0 Å². The van der Waals surface area contributed by atoms with Crippen molar-refractivity contribution in [2.75, 3.05) is 0 Å². The maximum atomic E-state index is 11.7. The van der Waals surface area contributed by atoms with Crippen LogP contribution < -0.4 is 10.9 Å². The summed E-state index contributed by atoms with van der Waals surface area (Å²) in [5.74, 6) is -0.278. The summed E-state index contributed by atoms with van der Waals surface area (Å²) in [6, 6.07) is 5.46. The smallest absolute Gasteiger partial charge is 0.269 e. The lowest BCUT2D eigenvalue weighted by Crippen LogP contribution is -2.42. The van der Waals surface area contributed by atoms with E-state index >= 15 is 0 Å². The van der Waals surface area contributed by atoms with Gasteiger partial charge in [-0.1, -0.05) is 19.9 Å². The highest BCUT2D eigenvalue weighted by Gasteiger charge is 2.29. The molecule has 2 N–H and O–H groups in total. The van der Waals surface area contributed by atoms with E-state index in [1.807, 2.05) is 39.8 Å². The molecule has 0 aromatic heterocycles. The number of amides is 2. The Morgan fingerprint density at radius 2 is 1.68 bits per heavy atom. The van der Waals surface area contributed by atoms with Gasteiger partial charge in [0, 0.05) is 11.5 Å². The van der Waals surface area contributed by atoms with Crippen molar-refractivity contribution < 1.29 is 9.59 Å². The van der Waals surface area contributed by atoms with E-state index in [1.165, 1.54) is 0 Å². The summed E-state index contributed by atoms with van der Waals surface area (Å²) in [6.45, 7) is 7.95. The second kappa shape index (κ2) is 6.92. The number of nitrogens with one attached hydrogen (secondary N) is 2. The van der Waals surface area contributed by atoms with E-state index in [1.54, 1.807) is 6.07 Å². The van der Waals surface area contributed by atoms with Gasteiger partial charge in [0.2, 0.25) is 5.91 Å². The van der Waals surface area contributed by atoms with Gasteiger partial charge in [0.05, 0.1) is 0 Å². The highest BCUT2D eigenvalue weighted by Crippen LogP contribution is 2.28. The van der Waals surface area contributed by atoms with Gasteiger partial charge in [-0.3, -0.25) is 20.4 Å². The Hall–Kier alpha value is -1.84. The molecule has 0 saturated heterocycles. The van der Waals surface area contributed by atoms with Crippen molar-refractivity contribution in [2.24, 2.45) is 5.92 Å². The molecule has 0 atom stereocenters. The minimum absolute atomic E-state index is 0.0926. The highest BCUT2D eigenvalue weighted by molar-refractivity contribution is 5.96. The first-order valence-electron chi connectivity index (χ1n) is 6.75. The largest absolute Gasteiger partial charge is 0.273 e. The zero-order chi connectivity index (χ0) is 14.4. The van der Waals surface area contributed by atoms with Crippen molar-refractivity contribution in [1.29, 1.82) is 0 Å². The van der Waals surface area contributed by atoms with Gasteiger partial charge in [-0.25, -0.2) is 0 Å². The summed E-state index contributed by atoms with van der Waals surface area (Å²) < 4.78 is 0. The molecule has 19 heavy (non-hydrogen) atoms. The van der Waals surface area contributed by atoms with Crippen LogP contribution in [-0.2, 0) is 4.79 Å². The summed E-state index contributed by atoms with van der Waals surface area (Å²) in [7, 11) is 0. The summed E-state index contributed by atoms with van der Waals surface area (Å²) in [4.78, 5) is 23.1. The molecule has 0 radical (unpaired) electrons. The third kappa shape index (κ3) is 4.39. The molecule has 4 nitrogen and oxygen atoms in total. The van der Waals surface area contributed by atoms with Gasteiger partial charge in [0.1, 0.15) is 0 Å². The van der Waals surface area contributed by atoms with Crippen LogP contribution in [0, 0.1) is 19.8 Å². The number of hydrogen-bond donors (Lipinski definition) is 2. The summed E-state index contributed by atoms with van der Waals surface area (Å²) in [6.07, 6.45) is 1.84. The summed E-state index contributed by atoms with van der Waals surface area (Å²) >= 11 is 0. The van der Waals surface area contributed by atoms with Crippen molar-refractivity contribution in [1.82, 2.24) is 10.9 Å². The van der Waals surface area contributed by atoms with Crippen LogP contribution in [0.4, 0.5) is 0 Å². The number of carbonyl (C=O) groups is 2. The van der Waals surface area contributed by atoms with Crippen molar-refractivity contribution in [2.45, 2.75) is 40.5 Å². The predicted octanol–water partition coefficient (Wildman–Crippen LogP) is 2.50. The molecule has 1 aliphatic rings. The molecule has 1 aromatic carbocycles. The van der Waals surface area contributed by atoms with E-state index in [0.717, 1.165) is 24.0 Å². The predicted molar refractivity (Wildman–Crippen MR) is 75.6 cm³/mol. The zero-order valence-electron chi connectivity index (χ0n) is 12.0. The third-order valence-corrected chi connectivity index (χ3v) is 3.02. The Labute approximate surface area is 114 Å². The molecule has 2 rings (SSSR count). The van der Waals surface area contributed by atoms with Crippen LogP contribution in [-0.4, -0.2) is 11.8 Å². The number of benzene rings is 1. The molecule has 104 valence electrons. The second-order valence-electron chi connectivity index (χ2n) is 4.52. The van der Waals surface area contributed by atoms with Gasteiger partial charge >= 0.3 is 0 Å². The molecule has 0 spiro atoms. The van der Waals surface area contributed by atoms with Crippen molar-refractivity contribution >= 4 is 11.8 Å². The van der Waals surface area contributed by atoms with Gasteiger partial charge in [0.15, 0.2) is 0 Å². The number of carbonyl (C=O) groups excluding carboxylic acids is 2. The van der Waals surface area contributed by atoms with Crippen molar-refractivity contribution in [3.63, 3.8) is 0 Å². The lowest BCUT2D eigenvalue weighted by Gasteiger charge is -2.08. The maximum Gasteiger partial charge on any atom is 0.269 e. The first-order chi connectivity index (χ1) is 9.08. The molecule has 0 aliphatic heterocycles. The minimum atomic E-state index is -0.276. The molecule has 1 fully saturated rings. The zero-order valence-corrected chi connectivity index (χ0v) is 12.0. The van der Waals surface area contributed by atoms with Crippen LogP contribution in [0.2, 0.25) is 0 Å². The number of rotatable bonds is 2. The van der Waals surface area contributed by atoms with E-state index in [4.69, 9.17) is 0 Å². The van der Waals surface area contributed by atoms with Crippen molar-refractivity contribution in [3.8, 4) is 0 Å². The van der Waals surface area contributed by atoms with E-state index in [9.17, 15) is 9.59 Å². The van der Waals surface area contributed by atoms with Gasteiger partial charge < -0.3 is 0 Å². The van der Waals surface area contributed by atoms with Gasteiger partial charge in [-0.05, 0) is 49.9 Å². The Morgan fingerprint density at radius 3 is 2.21 bits per heavy atom. The molecular weight excluding hydrogens is 240 g/mol. The number of hydrogen-bond acceptors (Lipinski definition) is 2. The Bertz CT molecular complexity index is 465. The normalized spacial score (nSPS) is 13.1. The van der Waals surface area contributed by atoms with Crippen LogP contribution in [0.25, 0.3) is 0 Å². The van der Waals surface area contributed by atoms with E-state index < -0.39 is 0 Å². The molecule has 4 heteroatoms. The van der Waals surface area contributed by atoms with E-state index in [0.29, 0.717) is 5.56 Å². The molecule has 1 saturated carbocycles. The SMILES string of the molecule is CC.Cc1ccc(C(=O)NNC(=O)C2CC2)cc1C. The average molecular weight is 262 g/mol. The van der Waals surface area contributed by atoms with Gasteiger partial charge in [-0.2, -0.15) is 0 Å². The topological polar surface area (TPSA) is 58.2 Å². The lowest BCUT2D eigenvalue weighted by molar-refractivity contribution is -0.123. The Kier molecular flexibility index (Phi) is 5.55. The van der Waals surface area contributed by atoms with Crippen LogP contribution in [0.3, 0.4) is 0 Å². The lowest BCUT2D eigenvalue weighted by atomic mass is 10.1. The third-order valence-electron chi connectivity index (χ3n) is 3.02. The highest BCUT2D eigenvalue weighted by atomic mass is 16.2. The van der Waals surface area contributed by atoms with E-state index in [-0.39, 0.29) is 17.7 Å². The standard InChI is InChI=1S/C13H16N2O2.C2H6/c1-8-3-4-11(7-9(8)2)13(17)15-14-12(16)10-5-6-10;1-2/h3-4,7,10H,5-6H2,1-2H3,(H,14,16)(H,15,17);1-2H3. The molecule has 0 heterocycles. The Balaban J connectivity index is 0.000000861. The molecule has 1 aliphatic carbocycles. The van der Waals surface area contributed by atoms with Gasteiger partial charge in [0.25, 0.3) is 5.91 Å². The fourth-order valence-electron chi connectivity index (χ4n) is 1.52. The minimum Gasteiger partial charge on any atom is -0.273 e. The summed E-state index contributed by atoms with van der Waals surface area (Å²) in [5.41, 5.74) is 7.63. The first kappa shape index (κ1) is 15.2. The maximum absolute atomic E-state index is 11.7. The monoisotopic (exact) mass is 262 g/mol. The quantitative estimate of drug-likeness (QED) is 0.805. The van der Waals surface area contributed by atoms with Crippen LogP contribution >= 0.6 is 0 Å². The number of aryl methyl sites for hydroxylation is 2. The molecule has 0 bridgehead atoms. The molecule has 1 aromatic rings. The van der Waals surface area contributed by atoms with Gasteiger partial charge in [-0.15, -0.1) is 0 Å². The fraction of sp³-hybridized carbons (Fsp3) is 0.467. The van der Waals surface area contributed by atoms with Crippen LogP contribution in [0.1, 0.15) is 48.2 Å². The van der Waals surface area contributed by atoms with Crippen LogP contribution in [0.15, 0.2) is 18.2 Å². The first-order valence-corrected chi connectivity index (χ1v) is 6.75.